The number of carbonyl (C=O) groups excluding carboxylic acids is 1. The number of amides is 1. The average Bonchev–Trinajstić information content (AvgIpc) is 3.23. The van der Waals surface area contributed by atoms with E-state index in [9.17, 15) is 4.79 Å². The summed E-state index contributed by atoms with van der Waals surface area (Å²) in [7, 11) is 1.63. The van der Waals surface area contributed by atoms with E-state index in [0.29, 0.717) is 18.4 Å². The first-order chi connectivity index (χ1) is 14.5. The number of rotatable bonds is 5. The zero-order chi connectivity index (χ0) is 21.1. The van der Waals surface area contributed by atoms with Crippen LogP contribution in [0.25, 0.3) is 11.4 Å². The largest absolute Gasteiger partial charge is 0.497 e. The molecule has 1 fully saturated rings. The first-order valence-electron chi connectivity index (χ1n) is 10.1. The third-order valence-electron chi connectivity index (χ3n) is 5.32. The molecular weight excluding hydrogens is 380 g/mol. The van der Waals surface area contributed by atoms with Crippen LogP contribution < -0.4 is 15.0 Å². The van der Waals surface area contributed by atoms with Gasteiger partial charge < -0.3 is 19.5 Å². The van der Waals surface area contributed by atoms with E-state index >= 15 is 0 Å². The molecule has 0 unspecified atom stereocenters. The number of hydrogen-bond acceptors (Lipinski definition) is 6. The van der Waals surface area contributed by atoms with Crippen molar-refractivity contribution in [3.05, 3.63) is 53.6 Å². The van der Waals surface area contributed by atoms with E-state index < -0.39 is 0 Å². The van der Waals surface area contributed by atoms with Crippen molar-refractivity contribution in [3.8, 4) is 17.1 Å². The molecule has 0 spiro atoms. The highest BCUT2D eigenvalue weighted by Crippen LogP contribution is 2.26. The van der Waals surface area contributed by atoms with Crippen molar-refractivity contribution < 1.29 is 14.1 Å². The maximum Gasteiger partial charge on any atom is 0.324 e. The van der Waals surface area contributed by atoms with Crippen molar-refractivity contribution in [2.24, 2.45) is 5.92 Å². The highest BCUT2D eigenvalue weighted by molar-refractivity contribution is 5.93. The lowest BCUT2D eigenvalue weighted by atomic mass is 9.97. The number of aryl methyl sites for hydroxylation is 2. The number of methoxy groups -OCH3 is 1. The molecule has 7 nitrogen and oxygen atoms in total. The summed E-state index contributed by atoms with van der Waals surface area (Å²) >= 11 is 0. The summed E-state index contributed by atoms with van der Waals surface area (Å²) in [6, 6.07) is 14.0. The predicted molar refractivity (Wildman–Crippen MR) is 116 cm³/mol. The molecule has 0 saturated carbocycles. The molecular formula is C23H26N4O3. The van der Waals surface area contributed by atoms with Gasteiger partial charge in [-0.15, -0.1) is 0 Å². The third-order valence-corrected chi connectivity index (χ3v) is 5.32. The van der Waals surface area contributed by atoms with Gasteiger partial charge in [0.25, 0.3) is 0 Å². The molecule has 0 bridgehead atoms. The SMILES string of the molecule is COc1ccc(-c2noc(N3CCC[C@H](C(=O)Nc4cc(C)cc(C)c4)C3)n2)cc1. The van der Waals surface area contributed by atoms with E-state index in [4.69, 9.17) is 9.26 Å². The molecule has 2 heterocycles. The molecule has 3 aromatic rings. The quantitative estimate of drug-likeness (QED) is 0.683. The minimum atomic E-state index is -0.129. The Hall–Kier alpha value is -3.35. The highest BCUT2D eigenvalue weighted by atomic mass is 16.5. The van der Waals surface area contributed by atoms with Gasteiger partial charge in [-0.3, -0.25) is 4.79 Å². The molecule has 1 atom stereocenters. The fraction of sp³-hybridized carbons (Fsp3) is 0.348. The van der Waals surface area contributed by atoms with Crippen molar-refractivity contribution >= 4 is 17.6 Å². The molecule has 4 rings (SSSR count). The first kappa shape index (κ1) is 19.9. The van der Waals surface area contributed by atoms with Gasteiger partial charge in [0, 0.05) is 24.3 Å². The average molecular weight is 406 g/mol. The zero-order valence-electron chi connectivity index (χ0n) is 17.5. The Bertz CT molecular complexity index is 1010. The van der Waals surface area contributed by atoms with Gasteiger partial charge in [-0.2, -0.15) is 4.98 Å². The topological polar surface area (TPSA) is 80.5 Å². The van der Waals surface area contributed by atoms with Gasteiger partial charge in [0.1, 0.15) is 5.75 Å². The Balaban J connectivity index is 1.43. The van der Waals surface area contributed by atoms with E-state index in [1.807, 2.05) is 55.1 Å². The van der Waals surface area contributed by atoms with E-state index in [-0.39, 0.29) is 11.8 Å². The molecule has 0 radical (unpaired) electrons. The Morgan fingerprint density at radius 3 is 2.60 bits per heavy atom. The van der Waals surface area contributed by atoms with Crippen LogP contribution in [0.4, 0.5) is 11.7 Å². The van der Waals surface area contributed by atoms with E-state index in [1.54, 1.807) is 7.11 Å². The van der Waals surface area contributed by atoms with Crippen LogP contribution in [-0.4, -0.2) is 36.2 Å². The minimum absolute atomic E-state index is 0.0274. The summed E-state index contributed by atoms with van der Waals surface area (Å²) in [5.41, 5.74) is 3.96. The number of nitrogens with one attached hydrogen (secondary N) is 1. The van der Waals surface area contributed by atoms with Crippen LogP contribution >= 0.6 is 0 Å². The van der Waals surface area contributed by atoms with Gasteiger partial charge in [-0.1, -0.05) is 11.2 Å². The molecule has 1 saturated heterocycles. The first-order valence-corrected chi connectivity index (χ1v) is 10.1. The number of nitrogens with zero attached hydrogens (tertiary/aromatic N) is 3. The Kier molecular flexibility index (Phi) is 5.70. The lowest BCUT2D eigenvalue weighted by molar-refractivity contribution is -0.120. The molecule has 1 aliphatic rings. The summed E-state index contributed by atoms with van der Waals surface area (Å²) < 4.78 is 10.7. The Labute approximate surface area is 176 Å². The Morgan fingerprint density at radius 2 is 1.90 bits per heavy atom. The normalized spacial score (nSPS) is 16.4. The van der Waals surface area contributed by atoms with Crippen LogP contribution in [0.5, 0.6) is 5.75 Å². The lowest BCUT2D eigenvalue weighted by Gasteiger charge is -2.30. The van der Waals surface area contributed by atoms with Gasteiger partial charge in [-0.05, 0) is 74.2 Å². The number of aromatic nitrogens is 2. The minimum Gasteiger partial charge on any atom is -0.497 e. The van der Waals surface area contributed by atoms with Gasteiger partial charge >= 0.3 is 6.01 Å². The van der Waals surface area contributed by atoms with Gasteiger partial charge in [0.2, 0.25) is 11.7 Å². The molecule has 1 aromatic heterocycles. The molecule has 7 heteroatoms. The molecule has 1 amide bonds. The molecule has 30 heavy (non-hydrogen) atoms. The lowest BCUT2D eigenvalue weighted by Crippen LogP contribution is -2.41. The Morgan fingerprint density at radius 1 is 1.17 bits per heavy atom. The van der Waals surface area contributed by atoms with Gasteiger partial charge in [-0.25, -0.2) is 0 Å². The van der Waals surface area contributed by atoms with Crippen molar-refractivity contribution in [1.29, 1.82) is 0 Å². The van der Waals surface area contributed by atoms with Crippen LogP contribution in [0.1, 0.15) is 24.0 Å². The number of benzene rings is 2. The zero-order valence-corrected chi connectivity index (χ0v) is 17.5. The number of hydrogen-bond donors (Lipinski definition) is 1. The fourth-order valence-corrected chi connectivity index (χ4v) is 3.86. The molecule has 2 aromatic carbocycles. The summed E-state index contributed by atoms with van der Waals surface area (Å²) in [6.45, 7) is 5.40. The second kappa shape index (κ2) is 8.57. The standard InChI is InChI=1S/C23H26N4O3/c1-15-11-16(2)13-19(12-15)24-22(28)18-5-4-10-27(14-18)23-25-21(26-30-23)17-6-8-20(29-3)9-7-17/h6-9,11-13,18H,4-5,10,14H2,1-3H3,(H,24,28)/t18-/m0/s1. The van der Waals surface area contributed by atoms with Crippen molar-refractivity contribution in [3.63, 3.8) is 0 Å². The van der Waals surface area contributed by atoms with Crippen LogP contribution in [0.15, 0.2) is 47.0 Å². The molecule has 1 N–H and O–H groups in total. The molecule has 0 aliphatic carbocycles. The summed E-state index contributed by atoms with van der Waals surface area (Å²) in [5.74, 6) is 1.20. The van der Waals surface area contributed by atoms with Crippen LogP contribution in [-0.2, 0) is 4.79 Å². The third kappa shape index (κ3) is 4.45. The van der Waals surface area contributed by atoms with Crippen molar-refractivity contribution in [1.82, 2.24) is 10.1 Å². The van der Waals surface area contributed by atoms with Crippen molar-refractivity contribution in [2.75, 3.05) is 30.4 Å². The second-order valence-electron chi connectivity index (χ2n) is 7.78. The van der Waals surface area contributed by atoms with Crippen LogP contribution in [0.3, 0.4) is 0 Å². The van der Waals surface area contributed by atoms with Gasteiger partial charge in [0.15, 0.2) is 0 Å². The maximum absolute atomic E-state index is 12.8. The monoisotopic (exact) mass is 406 g/mol. The predicted octanol–water partition coefficient (Wildman–Crippen LogP) is 4.22. The van der Waals surface area contributed by atoms with Crippen LogP contribution in [0, 0.1) is 19.8 Å². The smallest absolute Gasteiger partial charge is 0.324 e. The number of carbonyl (C=O) groups is 1. The van der Waals surface area contributed by atoms with E-state index in [2.05, 4.69) is 21.5 Å². The van der Waals surface area contributed by atoms with Gasteiger partial charge in [0.05, 0.1) is 13.0 Å². The fourth-order valence-electron chi connectivity index (χ4n) is 3.86. The van der Waals surface area contributed by atoms with Crippen LogP contribution in [0.2, 0.25) is 0 Å². The molecule has 1 aliphatic heterocycles. The second-order valence-corrected chi connectivity index (χ2v) is 7.78. The molecule has 156 valence electrons. The number of piperidine rings is 1. The maximum atomic E-state index is 12.8. The van der Waals surface area contributed by atoms with E-state index in [0.717, 1.165) is 47.5 Å². The summed E-state index contributed by atoms with van der Waals surface area (Å²) in [5, 5.41) is 7.17. The van der Waals surface area contributed by atoms with Crippen molar-refractivity contribution in [2.45, 2.75) is 26.7 Å². The summed E-state index contributed by atoms with van der Waals surface area (Å²) in [6.07, 6.45) is 1.73. The summed E-state index contributed by atoms with van der Waals surface area (Å²) in [4.78, 5) is 19.4. The highest BCUT2D eigenvalue weighted by Gasteiger charge is 2.29. The number of ether oxygens (including phenoxy) is 1. The number of anilines is 2. The van der Waals surface area contributed by atoms with E-state index in [1.165, 1.54) is 0 Å².